The van der Waals surface area contributed by atoms with Crippen LogP contribution in [0.1, 0.15) is 6.42 Å². The summed E-state index contributed by atoms with van der Waals surface area (Å²) in [4.78, 5) is 20.8. The molecule has 6 heteroatoms. The van der Waals surface area contributed by atoms with Gasteiger partial charge in [-0.15, -0.1) is 0 Å². The number of nitro groups is 1. The van der Waals surface area contributed by atoms with Crippen molar-refractivity contribution in [1.29, 1.82) is 0 Å². The van der Waals surface area contributed by atoms with Crippen molar-refractivity contribution in [3.63, 3.8) is 0 Å². The summed E-state index contributed by atoms with van der Waals surface area (Å²) in [5, 5.41) is 12.6. The molecule has 6 nitrogen and oxygen atoms in total. The lowest BCUT2D eigenvalue weighted by molar-refractivity contribution is -0.478. The van der Waals surface area contributed by atoms with Crippen molar-refractivity contribution in [1.82, 2.24) is 0 Å². The second-order valence-electron chi connectivity index (χ2n) is 3.08. The summed E-state index contributed by atoms with van der Waals surface area (Å²) in [7, 11) is 1.55. The van der Waals surface area contributed by atoms with Gasteiger partial charge in [-0.05, 0) is 24.3 Å². The average Bonchev–Trinajstić information content (AvgIpc) is 2.27. The Morgan fingerprint density at radius 1 is 1.44 bits per heavy atom. The van der Waals surface area contributed by atoms with Crippen LogP contribution in [-0.2, 0) is 4.79 Å². The molecule has 0 spiro atoms. The molecule has 0 atom stereocenters. The zero-order chi connectivity index (χ0) is 12.0. The lowest BCUT2D eigenvalue weighted by Crippen LogP contribution is -2.16. The molecular formula is C10H12N2O4. The molecule has 0 unspecified atom stereocenters. The maximum atomic E-state index is 11.2. The Kier molecular flexibility index (Phi) is 4.26. The zero-order valence-corrected chi connectivity index (χ0v) is 8.80. The van der Waals surface area contributed by atoms with E-state index in [0.717, 1.165) is 0 Å². The zero-order valence-electron chi connectivity index (χ0n) is 8.80. The van der Waals surface area contributed by atoms with Gasteiger partial charge in [-0.1, -0.05) is 0 Å². The minimum Gasteiger partial charge on any atom is -0.497 e. The molecule has 0 aliphatic carbocycles. The van der Waals surface area contributed by atoms with Crippen LogP contribution in [0.4, 0.5) is 5.69 Å². The molecule has 0 fully saturated rings. The number of amides is 1. The second-order valence-corrected chi connectivity index (χ2v) is 3.08. The number of methoxy groups -OCH3 is 1. The van der Waals surface area contributed by atoms with Gasteiger partial charge in [0.1, 0.15) is 5.75 Å². The van der Waals surface area contributed by atoms with Gasteiger partial charge in [-0.3, -0.25) is 14.9 Å². The van der Waals surface area contributed by atoms with Crippen molar-refractivity contribution >= 4 is 11.6 Å². The van der Waals surface area contributed by atoms with E-state index in [1.807, 2.05) is 0 Å². The summed E-state index contributed by atoms with van der Waals surface area (Å²) in [6, 6.07) is 6.73. The fourth-order valence-corrected chi connectivity index (χ4v) is 1.09. The summed E-state index contributed by atoms with van der Waals surface area (Å²) < 4.78 is 4.95. The van der Waals surface area contributed by atoms with Crippen LogP contribution in [0.2, 0.25) is 0 Å². The Bertz CT molecular complexity index is 375. The minimum atomic E-state index is -0.520. The number of hydrogen-bond acceptors (Lipinski definition) is 4. The van der Waals surface area contributed by atoms with Gasteiger partial charge in [0.25, 0.3) is 0 Å². The van der Waals surface area contributed by atoms with Gasteiger partial charge < -0.3 is 10.1 Å². The van der Waals surface area contributed by atoms with Gasteiger partial charge in [-0.2, -0.15) is 0 Å². The van der Waals surface area contributed by atoms with Gasteiger partial charge in [0.2, 0.25) is 12.5 Å². The Morgan fingerprint density at radius 2 is 2.06 bits per heavy atom. The van der Waals surface area contributed by atoms with Crippen LogP contribution in [0.15, 0.2) is 24.3 Å². The molecule has 0 aliphatic heterocycles. The lowest BCUT2D eigenvalue weighted by Gasteiger charge is -2.04. The molecule has 1 N–H and O–H groups in total. The summed E-state index contributed by atoms with van der Waals surface area (Å²) in [5.41, 5.74) is 0.592. The number of benzene rings is 1. The first kappa shape index (κ1) is 12.0. The fourth-order valence-electron chi connectivity index (χ4n) is 1.09. The third-order valence-corrected chi connectivity index (χ3v) is 1.90. The standard InChI is InChI=1S/C10H12N2O4/c1-16-9-4-2-8(3-5-9)11-10(13)6-7-12(14)15/h2-5H,6-7H2,1H3,(H,11,13). The number of nitrogens with one attached hydrogen (secondary N) is 1. The molecule has 0 aromatic heterocycles. The maximum Gasteiger partial charge on any atom is 0.230 e. The highest BCUT2D eigenvalue weighted by Gasteiger charge is 2.06. The average molecular weight is 224 g/mol. The first-order chi connectivity index (χ1) is 7.61. The van der Waals surface area contributed by atoms with E-state index in [1.54, 1.807) is 31.4 Å². The van der Waals surface area contributed by atoms with E-state index in [1.165, 1.54) is 0 Å². The van der Waals surface area contributed by atoms with Crippen LogP contribution >= 0.6 is 0 Å². The molecule has 0 heterocycles. The van der Waals surface area contributed by atoms with Crippen molar-refractivity contribution in [2.45, 2.75) is 6.42 Å². The molecule has 1 rings (SSSR count). The first-order valence-electron chi connectivity index (χ1n) is 4.67. The molecule has 1 aromatic carbocycles. The van der Waals surface area contributed by atoms with E-state index in [9.17, 15) is 14.9 Å². The van der Waals surface area contributed by atoms with Crippen molar-refractivity contribution < 1.29 is 14.5 Å². The molecule has 0 saturated carbocycles. The number of nitrogens with zero attached hydrogens (tertiary/aromatic N) is 1. The fraction of sp³-hybridized carbons (Fsp3) is 0.300. The van der Waals surface area contributed by atoms with E-state index >= 15 is 0 Å². The van der Waals surface area contributed by atoms with Crippen LogP contribution in [0.25, 0.3) is 0 Å². The Hall–Kier alpha value is -2.11. The van der Waals surface area contributed by atoms with Crippen molar-refractivity contribution in [3.8, 4) is 5.75 Å². The summed E-state index contributed by atoms with van der Waals surface area (Å²) >= 11 is 0. The number of ether oxygens (including phenoxy) is 1. The molecular weight excluding hydrogens is 212 g/mol. The van der Waals surface area contributed by atoms with Crippen LogP contribution in [0, 0.1) is 10.1 Å². The second kappa shape index (κ2) is 5.69. The predicted octanol–water partition coefficient (Wildman–Crippen LogP) is 1.30. The minimum absolute atomic E-state index is 0.126. The summed E-state index contributed by atoms with van der Waals surface area (Å²) in [6.45, 7) is -0.359. The van der Waals surface area contributed by atoms with Crippen LogP contribution < -0.4 is 10.1 Å². The highest BCUT2D eigenvalue weighted by atomic mass is 16.6. The monoisotopic (exact) mass is 224 g/mol. The molecule has 0 radical (unpaired) electrons. The maximum absolute atomic E-state index is 11.2. The molecule has 0 bridgehead atoms. The highest BCUT2D eigenvalue weighted by molar-refractivity contribution is 5.90. The van der Waals surface area contributed by atoms with Crippen molar-refractivity contribution in [3.05, 3.63) is 34.4 Å². The van der Waals surface area contributed by atoms with E-state index in [4.69, 9.17) is 4.74 Å². The van der Waals surface area contributed by atoms with E-state index in [0.29, 0.717) is 11.4 Å². The van der Waals surface area contributed by atoms with Gasteiger partial charge in [0.05, 0.1) is 13.5 Å². The van der Waals surface area contributed by atoms with Crippen molar-refractivity contribution in [2.75, 3.05) is 19.0 Å². The number of carbonyl (C=O) groups excluding carboxylic acids is 1. The molecule has 0 aliphatic rings. The first-order valence-corrected chi connectivity index (χ1v) is 4.67. The van der Waals surface area contributed by atoms with E-state index < -0.39 is 4.92 Å². The van der Waals surface area contributed by atoms with E-state index in [2.05, 4.69) is 5.32 Å². The number of hydrogen-bond donors (Lipinski definition) is 1. The van der Waals surface area contributed by atoms with Crippen LogP contribution in [0.5, 0.6) is 5.75 Å². The Balaban J connectivity index is 2.46. The highest BCUT2D eigenvalue weighted by Crippen LogP contribution is 2.14. The Labute approximate surface area is 92.4 Å². The molecule has 1 amide bonds. The topological polar surface area (TPSA) is 81.5 Å². The van der Waals surface area contributed by atoms with Gasteiger partial charge in [0.15, 0.2) is 0 Å². The molecule has 86 valence electrons. The SMILES string of the molecule is COc1ccc(NC(=O)CC[N+](=O)[O-])cc1. The normalized spacial score (nSPS) is 9.56. The molecule has 16 heavy (non-hydrogen) atoms. The third kappa shape index (κ3) is 3.95. The molecule has 1 aromatic rings. The van der Waals surface area contributed by atoms with Crippen molar-refractivity contribution in [2.24, 2.45) is 0 Å². The number of rotatable bonds is 5. The lowest BCUT2D eigenvalue weighted by atomic mass is 10.3. The summed E-state index contributed by atoms with van der Waals surface area (Å²) in [5.74, 6) is 0.310. The quantitative estimate of drug-likeness (QED) is 0.603. The van der Waals surface area contributed by atoms with Crippen LogP contribution in [-0.4, -0.2) is 24.5 Å². The van der Waals surface area contributed by atoms with Crippen LogP contribution in [0.3, 0.4) is 0 Å². The smallest absolute Gasteiger partial charge is 0.230 e. The van der Waals surface area contributed by atoms with Gasteiger partial charge in [-0.25, -0.2) is 0 Å². The van der Waals surface area contributed by atoms with Gasteiger partial charge in [0, 0.05) is 10.6 Å². The Morgan fingerprint density at radius 3 is 2.56 bits per heavy atom. The summed E-state index contributed by atoms with van der Waals surface area (Å²) in [6.07, 6.45) is -0.126. The van der Waals surface area contributed by atoms with Gasteiger partial charge >= 0.3 is 0 Å². The predicted molar refractivity (Wildman–Crippen MR) is 58.1 cm³/mol. The number of anilines is 1. The van der Waals surface area contributed by atoms with E-state index in [-0.39, 0.29) is 18.9 Å². The largest absolute Gasteiger partial charge is 0.497 e. The number of carbonyl (C=O) groups is 1. The third-order valence-electron chi connectivity index (χ3n) is 1.90. The molecule has 0 saturated heterocycles.